The minimum atomic E-state index is -0.454. The fraction of sp³-hybridized carbons (Fsp3) is 0.538. The molecule has 0 bridgehead atoms. The van der Waals surface area contributed by atoms with Gasteiger partial charge in [0.05, 0.1) is 0 Å². The third-order valence-electron chi connectivity index (χ3n) is 2.54. The number of halogens is 1. The Bertz CT molecular complexity index is 300. The maximum atomic E-state index is 12.0. The number of benzene rings is 1. The molecule has 3 heteroatoms. The number of anilines is 1. The van der Waals surface area contributed by atoms with Gasteiger partial charge in [0.2, 0.25) is 0 Å². The average molecular weight is 225 g/mol. The number of ether oxygens (including phenoxy) is 1. The molecule has 1 aromatic carbocycles. The molecule has 0 aliphatic rings. The van der Waals surface area contributed by atoms with E-state index in [1.165, 1.54) is 0 Å². The summed E-state index contributed by atoms with van der Waals surface area (Å²) in [5.74, 6) is 0.716. The Hall–Kier alpha value is -1.25. The molecule has 0 saturated heterocycles. The second-order valence-corrected chi connectivity index (χ2v) is 3.72. The Morgan fingerprint density at radius 2 is 2.06 bits per heavy atom. The summed E-state index contributed by atoms with van der Waals surface area (Å²) in [6.07, 6.45) is 2.18. The van der Waals surface area contributed by atoms with Crippen molar-refractivity contribution in [3.05, 3.63) is 24.3 Å². The predicted molar refractivity (Wildman–Crippen MR) is 65.9 cm³/mol. The van der Waals surface area contributed by atoms with Gasteiger partial charge in [-0.15, -0.1) is 0 Å². The van der Waals surface area contributed by atoms with Gasteiger partial charge in [-0.05, 0) is 25.0 Å². The zero-order chi connectivity index (χ0) is 11.8. The molecule has 1 aromatic rings. The van der Waals surface area contributed by atoms with Crippen LogP contribution in [0, 0.1) is 0 Å². The first-order valence-electron chi connectivity index (χ1n) is 5.85. The van der Waals surface area contributed by atoms with Gasteiger partial charge in [0.15, 0.2) is 0 Å². The summed E-state index contributed by atoms with van der Waals surface area (Å²) in [5, 5.41) is 3.42. The van der Waals surface area contributed by atoms with Crippen LogP contribution < -0.4 is 10.1 Å². The largest absolute Gasteiger partial charge is 0.491 e. The first-order chi connectivity index (χ1) is 7.80. The molecule has 1 N–H and O–H groups in total. The number of nitrogens with one attached hydrogen (secondary N) is 1. The van der Waals surface area contributed by atoms with Gasteiger partial charge in [0.25, 0.3) is 0 Å². The highest BCUT2D eigenvalue weighted by Crippen LogP contribution is 2.19. The number of rotatable bonds is 7. The van der Waals surface area contributed by atoms with Crippen LogP contribution in [0.1, 0.15) is 26.7 Å². The van der Waals surface area contributed by atoms with Crippen molar-refractivity contribution in [3.63, 3.8) is 0 Å². The third kappa shape index (κ3) is 4.09. The van der Waals surface area contributed by atoms with Crippen LogP contribution in [0.3, 0.4) is 0 Å². The van der Waals surface area contributed by atoms with Crippen LogP contribution in [-0.4, -0.2) is 19.3 Å². The molecule has 90 valence electrons. The zero-order valence-electron chi connectivity index (χ0n) is 10.0. The van der Waals surface area contributed by atoms with Crippen LogP contribution >= 0.6 is 0 Å². The van der Waals surface area contributed by atoms with E-state index in [1.54, 1.807) is 0 Å². The summed E-state index contributed by atoms with van der Waals surface area (Å²) in [7, 11) is 0. The van der Waals surface area contributed by atoms with Crippen molar-refractivity contribution < 1.29 is 9.13 Å². The number of hydrogen-bond acceptors (Lipinski definition) is 2. The molecule has 0 heterocycles. The molecule has 0 saturated carbocycles. The molecule has 16 heavy (non-hydrogen) atoms. The SMILES string of the molecule is CCC(CC)Nc1cccc(OCCF)c1. The molecular formula is C13H20FNO. The highest BCUT2D eigenvalue weighted by Gasteiger charge is 2.03. The lowest BCUT2D eigenvalue weighted by atomic mass is 10.1. The standard InChI is InChI=1S/C13H20FNO/c1-3-11(4-2)15-12-6-5-7-13(10-12)16-9-8-14/h5-7,10-11,15H,3-4,8-9H2,1-2H3. The van der Waals surface area contributed by atoms with E-state index < -0.39 is 6.67 Å². The molecule has 0 fully saturated rings. The van der Waals surface area contributed by atoms with Crippen LogP contribution in [0.4, 0.5) is 10.1 Å². The van der Waals surface area contributed by atoms with E-state index >= 15 is 0 Å². The lowest BCUT2D eigenvalue weighted by molar-refractivity contribution is 0.273. The van der Waals surface area contributed by atoms with Gasteiger partial charge in [-0.25, -0.2) is 4.39 Å². The molecule has 0 atom stereocenters. The van der Waals surface area contributed by atoms with Crippen LogP contribution in [-0.2, 0) is 0 Å². The van der Waals surface area contributed by atoms with Crippen LogP contribution in [0.5, 0.6) is 5.75 Å². The molecule has 0 radical (unpaired) electrons. The molecule has 0 aliphatic heterocycles. The Kier molecular flexibility index (Phi) is 5.68. The van der Waals surface area contributed by atoms with Gasteiger partial charge in [0, 0.05) is 17.8 Å². The lowest BCUT2D eigenvalue weighted by Crippen LogP contribution is -2.16. The van der Waals surface area contributed by atoms with Crippen LogP contribution in [0.25, 0.3) is 0 Å². The van der Waals surface area contributed by atoms with Gasteiger partial charge >= 0.3 is 0 Å². The third-order valence-corrected chi connectivity index (χ3v) is 2.54. The Labute approximate surface area is 96.8 Å². The maximum absolute atomic E-state index is 12.0. The van der Waals surface area contributed by atoms with E-state index in [2.05, 4.69) is 19.2 Å². The monoisotopic (exact) mass is 225 g/mol. The number of alkyl halides is 1. The van der Waals surface area contributed by atoms with E-state index in [4.69, 9.17) is 4.74 Å². The predicted octanol–water partition coefficient (Wildman–Crippen LogP) is 3.64. The van der Waals surface area contributed by atoms with E-state index in [-0.39, 0.29) is 6.61 Å². The summed E-state index contributed by atoms with van der Waals surface area (Å²) in [5.41, 5.74) is 1.03. The topological polar surface area (TPSA) is 21.3 Å². The lowest BCUT2D eigenvalue weighted by Gasteiger charge is -2.16. The zero-order valence-corrected chi connectivity index (χ0v) is 10.0. The highest BCUT2D eigenvalue weighted by molar-refractivity contribution is 5.48. The fourth-order valence-electron chi connectivity index (χ4n) is 1.56. The second-order valence-electron chi connectivity index (χ2n) is 3.72. The van der Waals surface area contributed by atoms with Gasteiger partial charge in [0.1, 0.15) is 19.0 Å². The summed E-state index contributed by atoms with van der Waals surface area (Å²) in [6.45, 7) is 3.98. The Morgan fingerprint density at radius 1 is 1.31 bits per heavy atom. The van der Waals surface area contributed by atoms with Crippen molar-refractivity contribution in [3.8, 4) is 5.75 Å². The second kappa shape index (κ2) is 7.09. The molecular weight excluding hydrogens is 205 g/mol. The Balaban J connectivity index is 2.59. The summed E-state index contributed by atoms with van der Waals surface area (Å²) >= 11 is 0. The summed E-state index contributed by atoms with van der Waals surface area (Å²) < 4.78 is 17.2. The van der Waals surface area contributed by atoms with Crippen molar-refractivity contribution >= 4 is 5.69 Å². The van der Waals surface area contributed by atoms with E-state index in [9.17, 15) is 4.39 Å². The van der Waals surface area contributed by atoms with E-state index in [0.29, 0.717) is 11.8 Å². The van der Waals surface area contributed by atoms with Crippen molar-refractivity contribution in [1.82, 2.24) is 0 Å². The minimum Gasteiger partial charge on any atom is -0.491 e. The highest BCUT2D eigenvalue weighted by atomic mass is 19.1. The van der Waals surface area contributed by atoms with E-state index in [0.717, 1.165) is 18.5 Å². The first kappa shape index (κ1) is 12.8. The first-order valence-corrected chi connectivity index (χ1v) is 5.85. The van der Waals surface area contributed by atoms with Crippen molar-refractivity contribution in [2.45, 2.75) is 32.7 Å². The van der Waals surface area contributed by atoms with E-state index in [1.807, 2.05) is 24.3 Å². The molecule has 0 spiro atoms. The van der Waals surface area contributed by atoms with Crippen molar-refractivity contribution in [2.75, 3.05) is 18.6 Å². The number of hydrogen-bond donors (Lipinski definition) is 1. The minimum absolute atomic E-state index is 0.119. The fourth-order valence-corrected chi connectivity index (χ4v) is 1.56. The van der Waals surface area contributed by atoms with Crippen LogP contribution in [0.2, 0.25) is 0 Å². The molecule has 2 nitrogen and oxygen atoms in total. The average Bonchev–Trinajstić information content (AvgIpc) is 2.34. The molecule has 0 unspecified atom stereocenters. The molecule has 0 aromatic heterocycles. The van der Waals surface area contributed by atoms with Crippen LogP contribution in [0.15, 0.2) is 24.3 Å². The van der Waals surface area contributed by atoms with Gasteiger partial charge in [-0.1, -0.05) is 19.9 Å². The van der Waals surface area contributed by atoms with Gasteiger partial charge < -0.3 is 10.1 Å². The summed E-state index contributed by atoms with van der Waals surface area (Å²) in [6, 6.07) is 8.15. The quantitative estimate of drug-likeness (QED) is 0.765. The summed E-state index contributed by atoms with van der Waals surface area (Å²) in [4.78, 5) is 0. The molecule has 1 rings (SSSR count). The van der Waals surface area contributed by atoms with Gasteiger partial charge in [-0.2, -0.15) is 0 Å². The van der Waals surface area contributed by atoms with Crippen molar-refractivity contribution in [1.29, 1.82) is 0 Å². The Morgan fingerprint density at radius 3 is 2.69 bits per heavy atom. The molecule has 0 amide bonds. The normalized spacial score (nSPS) is 10.5. The van der Waals surface area contributed by atoms with Crippen molar-refractivity contribution in [2.24, 2.45) is 0 Å². The molecule has 0 aliphatic carbocycles. The maximum Gasteiger partial charge on any atom is 0.123 e. The smallest absolute Gasteiger partial charge is 0.123 e. The van der Waals surface area contributed by atoms with Gasteiger partial charge in [-0.3, -0.25) is 0 Å².